The highest BCUT2D eigenvalue weighted by Crippen LogP contribution is 2.36. The van der Waals surface area contributed by atoms with Gasteiger partial charge >= 0.3 is 0 Å². The van der Waals surface area contributed by atoms with E-state index in [-0.39, 0.29) is 5.91 Å². The van der Waals surface area contributed by atoms with Crippen LogP contribution in [0.2, 0.25) is 0 Å². The van der Waals surface area contributed by atoms with E-state index in [2.05, 4.69) is 66.1 Å². The van der Waals surface area contributed by atoms with Gasteiger partial charge in [-0.05, 0) is 45.5 Å². The van der Waals surface area contributed by atoms with Crippen molar-refractivity contribution < 1.29 is 4.79 Å². The van der Waals surface area contributed by atoms with Gasteiger partial charge in [-0.15, -0.1) is 0 Å². The summed E-state index contributed by atoms with van der Waals surface area (Å²) in [5, 5.41) is 0. The number of nitrogen functional groups attached to an aromatic ring is 1. The molecule has 0 saturated heterocycles. The number of nitrogens with two attached hydrogens (primary N) is 1. The minimum absolute atomic E-state index is 0.307. The second-order valence-electron chi connectivity index (χ2n) is 6.90. The Labute approximate surface area is 176 Å². The monoisotopic (exact) mass is 390 g/mol. The first-order valence-electron chi connectivity index (χ1n) is 9.80. The Morgan fingerprint density at radius 2 is 0.767 bits per heavy atom. The standard InChI is InChI=1S/C27H22N2O/c28-29-27(30)24-18-16-23(17-19-24)26(22-14-8-3-9-15-22)25(20-10-4-1-5-11-20)21-12-6-2-7-13-21/h1-19H,28H2,(H,29,30). The van der Waals surface area contributed by atoms with Crippen LogP contribution < -0.4 is 11.3 Å². The van der Waals surface area contributed by atoms with Gasteiger partial charge in [0, 0.05) is 5.56 Å². The van der Waals surface area contributed by atoms with Crippen LogP contribution in [0.25, 0.3) is 11.1 Å². The predicted octanol–water partition coefficient (Wildman–Crippen LogP) is 5.30. The molecule has 4 aromatic rings. The maximum absolute atomic E-state index is 11.9. The SMILES string of the molecule is NNC(=O)c1ccc(C(=C(c2ccccc2)c2ccccc2)c2ccccc2)cc1. The first kappa shape index (κ1) is 19.4. The van der Waals surface area contributed by atoms with Gasteiger partial charge in [-0.1, -0.05) is 103 Å². The zero-order valence-electron chi connectivity index (χ0n) is 16.5. The Kier molecular flexibility index (Phi) is 5.83. The van der Waals surface area contributed by atoms with Gasteiger partial charge in [0.2, 0.25) is 0 Å². The lowest BCUT2D eigenvalue weighted by atomic mass is 9.85. The molecular formula is C27H22N2O. The van der Waals surface area contributed by atoms with E-state index in [0.29, 0.717) is 5.56 Å². The van der Waals surface area contributed by atoms with Gasteiger partial charge in [-0.2, -0.15) is 0 Å². The summed E-state index contributed by atoms with van der Waals surface area (Å²) in [4.78, 5) is 11.9. The van der Waals surface area contributed by atoms with E-state index in [4.69, 9.17) is 5.84 Å². The molecule has 0 bridgehead atoms. The first-order chi connectivity index (χ1) is 14.8. The molecule has 0 aliphatic carbocycles. The molecule has 0 aliphatic rings. The van der Waals surface area contributed by atoms with E-state index < -0.39 is 0 Å². The fourth-order valence-corrected chi connectivity index (χ4v) is 3.60. The van der Waals surface area contributed by atoms with Gasteiger partial charge in [-0.25, -0.2) is 5.84 Å². The zero-order valence-corrected chi connectivity index (χ0v) is 16.5. The highest BCUT2D eigenvalue weighted by Gasteiger charge is 2.16. The van der Waals surface area contributed by atoms with Crippen LogP contribution in [0, 0.1) is 0 Å². The third-order valence-corrected chi connectivity index (χ3v) is 5.00. The highest BCUT2D eigenvalue weighted by molar-refractivity contribution is 6.05. The number of hydrogen-bond acceptors (Lipinski definition) is 2. The minimum Gasteiger partial charge on any atom is -0.290 e. The van der Waals surface area contributed by atoms with E-state index >= 15 is 0 Å². The summed E-state index contributed by atoms with van der Waals surface area (Å²) >= 11 is 0. The van der Waals surface area contributed by atoms with Crippen LogP contribution in [0.5, 0.6) is 0 Å². The molecule has 0 aromatic heterocycles. The summed E-state index contributed by atoms with van der Waals surface area (Å²) in [5.41, 5.74) is 9.34. The second-order valence-corrected chi connectivity index (χ2v) is 6.90. The Morgan fingerprint density at radius 1 is 0.467 bits per heavy atom. The van der Waals surface area contributed by atoms with Crippen molar-refractivity contribution in [1.29, 1.82) is 0 Å². The minimum atomic E-state index is -0.307. The maximum Gasteiger partial charge on any atom is 0.265 e. The molecule has 0 heterocycles. The topological polar surface area (TPSA) is 55.1 Å². The molecule has 0 unspecified atom stereocenters. The lowest BCUT2D eigenvalue weighted by Crippen LogP contribution is -2.29. The van der Waals surface area contributed by atoms with Crippen molar-refractivity contribution in [3.8, 4) is 0 Å². The zero-order chi connectivity index (χ0) is 20.8. The molecule has 0 saturated carbocycles. The molecule has 0 spiro atoms. The quantitative estimate of drug-likeness (QED) is 0.210. The lowest BCUT2D eigenvalue weighted by Gasteiger charge is -2.18. The van der Waals surface area contributed by atoms with Crippen molar-refractivity contribution in [2.45, 2.75) is 0 Å². The average Bonchev–Trinajstić information content (AvgIpc) is 2.84. The smallest absolute Gasteiger partial charge is 0.265 e. The fourth-order valence-electron chi connectivity index (χ4n) is 3.60. The Morgan fingerprint density at radius 3 is 1.10 bits per heavy atom. The highest BCUT2D eigenvalue weighted by atomic mass is 16.2. The van der Waals surface area contributed by atoms with Gasteiger partial charge < -0.3 is 0 Å². The van der Waals surface area contributed by atoms with Crippen LogP contribution in [0.4, 0.5) is 0 Å². The molecule has 0 radical (unpaired) electrons. The molecule has 0 atom stereocenters. The van der Waals surface area contributed by atoms with Crippen LogP contribution in [-0.4, -0.2) is 5.91 Å². The van der Waals surface area contributed by atoms with Crippen molar-refractivity contribution >= 4 is 17.1 Å². The largest absolute Gasteiger partial charge is 0.290 e. The predicted molar refractivity (Wildman–Crippen MR) is 122 cm³/mol. The van der Waals surface area contributed by atoms with Gasteiger partial charge in [-0.3, -0.25) is 10.2 Å². The van der Waals surface area contributed by atoms with Crippen molar-refractivity contribution in [1.82, 2.24) is 5.43 Å². The number of benzene rings is 4. The molecule has 1 amide bonds. The number of rotatable bonds is 5. The summed E-state index contributed by atoms with van der Waals surface area (Å²) in [6.07, 6.45) is 0. The summed E-state index contributed by atoms with van der Waals surface area (Å²) in [6.45, 7) is 0. The number of nitrogens with one attached hydrogen (secondary N) is 1. The van der Waals surface area contributed by atoms with Gasteiger partial charge in [0.15, 0.2) is 0 Å². The van der Waals surface area contributed by atoms with Crippen LogP contribution >= 0.6 is 0 Å². The van der Waals surface area contributed by atoms with Crippen molar-refractivity contribution in [3.05, 3.63) is 143 Å². The van der Waals surface area contributed by atoms with Crippen LogP contribution in [0.15, 0.2) is 115 Å². The molecule has 4 rings (SSSR count). The number of hydrazine groups is 1. The summed E-state index contributed by atoms with van der Waals surface area (Å²) in [6, 6.07) is 38.6. The van der Waals surface area contributed by atoms with Crippen molar-refractivity contribution in [2.24, 2.45) is 5.84 Å². The van der Waals surface area contributed by atoms with Crippen LogP contribution in [0.3, 0.4) is 0 Å². The fraction of sp³-hybridized carbons (Fsp3) is 0. The van der Waals surface area contributed by atoms with E-state index in [9.17, 15) is 4.79 Å². The Hall–Kier alpha value is -3.95. The molecule has 3 N–H and O–H groups in total. The van der Waals surface area contributed by atoms with E-state index in [1.165, 1.54) is 0 Å². The third kappa shape index (κ3) is 4.07. The summed E-state index contributed by atoms with van der Waals surface area (Å²) < 4.78 is 0. The third-order valence-electron chi connectivity index (χ3n) is 5.00. The number of carbonyl (C=O) groups is 1. The molecule has 0 aliphatic heterocycles. The molecule has 30 heavy (non-hydrogen) atoms. The maximum atomic E-state index is 11.9. The Bertz CT molecular complexity index is 1110. The van der Waals surface area contributed by atoms with Gasteiger partial charge in [0.25, 0.3) is 5.91 Å². The number of carbonyl (C=O) groups excluding carboxylic acids is 1. The summed E-state index contributed by atoms with van der Waals surface area (Å²) in [5.74, 6) is 4.98. The molecule has 4 aromatic carbocycles. The van der Waals surface area contributed by atoms with Crippen LogP contribution in [-0.2, 0) is 0 Å². The van der Waals surface area contributed by atoms with Gasteiger partial charge in [0.05, 0.1) is 0 Å². The molecule has 0 fully saturated rings. The van der Waals surface area contributed by atoms with E-state index in [0.717, 1.165) is 33.4 Å². The number of hydrogen-bond donors (Lipinski definition) is 2. The van der Waals surface area contributed by atoms with E-state index in [1.54, 1.807) is 12.1 Å². The molecule has 3 nitrogen and oxygen atoms in total. The first-order valence-corrected chi connectivity index (χ1v) is 9.80. The van der Waals surface area contributed by atoms with Crippen molar-refractivity contribution in [2.75, 3.05) is 0 Å². The average molecular weight is 390 g/mol. The normalized spacial score (nSPS) is 10.3. The number of amides is 1. The lowest BCUT2D eigenvalue weighted by molar-refractivity contribution is 0.0953. The molecule has 146 valence electrons. The van der Waals surface area contributed by atoms with E-state index in [1.807, 2.05) is 42.5 Å². The van der Waals surface area contributed by atoms with Crippen LogP contribution in [0.1, 0.15) is 32.6 Å². The van der Waals surface area contributed by atoms with Gasteiger partial charge in [0.1, 0.15) is 0 Å². The molecule has 3 heteroatoms. The second kappa shape index (κ2) is 9.03. The summed E-state index contributed by atoms with van der Waals surface area (Å²) in [7, 11) is 0. The Balaban J connectivity index is 2.01. The van der Waals surface area contributed by atoms with Crippen molar-refractivity contribution in [3.63, 3.8) is 0 Å². The molecular weight excluding hydrogens is 368 g/mol.